The summed E-state index contributed by atoms with van der Waals surface area (Å²) in [7, 11) is 0. The molecule has 0 unspecified atom stereocenters. The topological polar surface area (TPSA) is 24.9 Å². The Balaban J connectivity index is 2.89. The summed E-state index contributed by atoms with van der Waals surface area (Å²) in [5.41, 5.74) is 1.22. The number of aromatic nitrogens is 1. The third-order valence-electron chi connectivity index (χ3n) is 3.44. The zero-order chi connectivity index (χ0) is 12.2. The molecule has 1 aromatic rings. The molecular weight excluding hydrogens is 264 g/mol. The van der Waals surface area contributed by atoms with Crippen LogP contribution in [0.3, 0.4) is 0 Å². The lowest BCUT2D eigenvalue weighted by Gasteiger charge is -2.32. The first-order valence-corrected chi connectivity index (χ1v) is 6.77. The number of halogens is 1. The highest BCUT2D eigenvalue weighted by Gasteiger charge is 2.23. The van der Waals surface area contributed by atoms with E-state index in [9.17, 15) is 0 Å². The zero-order valence-corrected chi connectivity index (χ0v) is 12.2. The summed E-state index contributed by atoms with van der Waals surface area (Å²) in [6, 6.07) is 4.09. The number of nitrogens with zero attached hydrogens (tertiary/aromatic N) is 1. The molecule has 0 aliphatic rings. The van der Waals surface area contributed by atoms with E-state index in [0.717, 1.165) is 35.2 Å². The number of hydrogen-bond acceptors (Lipinski definition) is 2. The van der Waals surface area contributed by atoms with Crippen molar-refractivity contribution in [2.45, 2.75) is 52.5 Å². The Bertz CT molecular complexity index is 338. The van der Waals surface area contributed by atoms with Crippen LogP contribution in [0.2, 0.25) is 0 Å². The minimum atomic E-state index is 0.188. The van der Waals surface area contributed by atoms with Crippen LogP contribution in [0, 0.1) is 6.92 Å². The predicted octanol–water partition coefficient (Wildman–Crippen LogP) is 4.53. The summed E-state index contributed by atoms with van der Waals surface area (Å²) in [6.07, 6.45) is 3.37. The molecule has 0 spiro atoms. The highest BCUT2D eigenvalue weighted by atomic mass is 79.9. The third-order valence-corrected chi connectivity index (χ3v) is 4.28. The third kappa shape index (κ3) is 2.97. The van der Waals surface area contributed by atoms with Gasteiger partial charge in [0.05, 0.1) is 5.69 Å². The van der Waals surface area contributed by atoms with E-state index < -0.39 is 0 Å². The van der Waals surface area contributed by atoms with Crippen molar-refractivity contribution in [3.8, 4) is 0 Å². The Morgan fingerprint density at radius 2 is 1.75 bits per heavy atom. The second-order valence-corrected chi connectivity index (χ2v) is 5.08. The van der Waals surface area contributed by atoms with Crippen LogP contribution in [-0.4, -0.2) is 10.5 Å². The summed E-state index contributed by atoms with van der Waals surface area (Å²) in [5.74, 6) is 0.978. The van der Waals surface area contributed by atoms with Crippen LogP contribution in [0.15, 0.2) is 16.6 Å². The first-order chi connectivity index (χ1) is 7.56. The van der Waals surface area contributed by atoms with Gasteiger partial charge in [-0.2, -0.15) is 0 Å². The van der Waals surface area contributed by atoms with E-state index in [1.807, 2.05) is 13.0 Å². The van der Waals surface area contributed by atoms with E-state index in [1.165, 1.54) is 0 Å². The van der Waals surface area contributed by atoms with Crippen LogP contribution in [0.5, 0.6) is 0 Å². The lowest BCUT2D eigenvalue weighted by molar-refractivity contribution is 0.419. The van der Waals surface area contributed by atoms with Gasteiger partial charge in [-0.1, -0.05) is 20.8 Å². The molecule has 0 fully saturated rings. The van der Waals surface area contributed by atoms with Crippen LogP contribution in [-0.2, 0) is 0 Å². The van der Waals surface area contributed by atoms with Gasteiger partial charge in [0.25, 0.3) is 0 Å². The molecule has 16 heavy (non-hydrogen) atoms. The Kier molecular flexibility index (Phi) is 4.78. The van der Waals surface area contributed by atoms with Gasteiger partial charge in [-0.25, -0.2) is 4.98 Å². The molecule has 0 aliphatic heterocycles. The number of anilines is 1. The molecule has 0 aromatic carbocycles. The molecule has 1 rings (SSSR count). The maximum absolute atomic E-state index is 4.54. The minimum absolute atomic E-state index is 0.188. The molecule has 3 heteroatoms. The lowest BCUT2D eigenvalue weighted by Crippen LogP contribution is -2.36. The van der Waals surface area contributed by atoms with Gasteiger partial charge >= 0.3 is 0 Å². The normalized spacial score (nSPS) is 11.6. The highest BCUT2D eigenvalue weighted by molar-refractivity contribution is 9.10. The summed E-state index contributed by atoms with van der Waals surface area (Å²) in [5, 5.41) is 3.58. The lowest BCUT2D eigenvalue weighted by atomic mass is 9.90. The van der Waals surface area contributed by atoms with E-state index >= 15 is 0 Å². The first kappa shape index (κ1) is 13.5. The van der Waals surface area contributed by atoms with E-state index in [1.54, 1.807) is 0 Å². The molecule has 1 heterocycles. The Morgan fingerprint density at radius 3 is 2.19 bits per heavy atom. The van der Waals surface area contributed by atoms with Gasteiger partial charge in [0, 0.05) is 10.0 Å². The average molecular weight is 285 g/mol. The molecule has 0 bridgehead atoms. The van der Waals surface area contributed by atoms with Gasteiger partial charge in [-0.05, 0) is 54.2 Å². The molecule has 0 amide bonds. The number of aryl methyl sites for hydroxylation is 1. The second kappa shape index (κ2) is 5.67. The number of rotatable bonds is 5. The molecule has 2 nitrogen and oxygen atoms in total. The predicted molar refractivity (Wildman–Crippen MR) is 73.9 cm³/mol. The van der Waals surface area contributed by atoms with Crippen molar-refractivity contribution in [2.24, 2.45) is 0 Å². The van der Waals surface area contributed by atoms with Crippen LogP contribution in [0.25, 0.3) is 0 Å². The van der Waals surface area contributed by atoms with E-state index in [-0.39, 0.29) is 5.54 Å². The smallest absolute Gasteiger partial charge is 0.126 e. The average Bonchev–Trinajstić information content (AvgIpc) is 2.31. The van der Waals surface area contributed by atoms with Crippen LogP contribution in [0.1, 0.15) is 45.7 Å². The standard InChI is InChI=1S/C13H21BrN2/c1-5-13(6-2,7-3)16-12-9-8-11(14)10(4)15-12/h8-9H,5-7H2,1-4H3,(H,15,16). The van der Waals surface area contributed by atoms with Crippen molar-refractivity contribution in [1.29, 1.82) is 0 Å². The number of hydrogen-bond donors (Lipinski definition) is 1. The summed E-state index contributed by atoms with van der Waals surface area (Å²) < 4.78 is 1.06. The Morgan fingerprint density at radius 1 is 1.19 bits per heavy atom. The molecule has 0 saturated heterocycles. The largest absolute Gasteiger partial charge is 0.365 e. The maximum atomic E-state index is 4.54. The fourth-order valence-electron chi connectivity index (χ4n) is 1.90. The molecular formula is C13H21BrN2. The molecule has 0 atom stereocenters. The highest BCUT2D eigenvalue weighted by Crippen LogP contribution is 2.25. The SMILES string of the molecule is CCC(CC)(CC)Nc1ccc(Br)c(C)n1. The monoisotopic (exact) mass is 284 g/mol. The van der Waals surface area contributed by atoms with E-state index in [0.29, 0.717) is 0 Å². The summed E-state index contributed by atoms with van der Waals surface area (Å²) in [6.45, 7) is 8.70. The molecule has 90 valence electrons. The summed E-state index contributed by atoms with van der Waals surface area (Å²) in [4.78, 5) is 4.54. The van der Waals surface area contributed by atoms with Crippen LogP contribution < -0.4 is 5.32 Å². The van der Waals surface area contributed by atoms with Crippen molar-refractivity contribution in [1.82, 2.24) is 4.98 Å². The quantitative estimate of drug-likeness (QED) is 0.859. The van der Waals surface area contributed by atoms with Gasteiger partial charge in [-0.3, -0.25) is 0 Å². The van der Waals surface area contributed by atoms with E-state index in [4.69, 9.17) is 0 Å². The molecule has 0 aliphatic carbocycles. The van der Waals surface area contributed by atoms with E-state index in [2.05, 4.69) is 53.1 Å². The van der Waals surface area contributed by atoms with Crippen molar-refractivity contribution in [3.05, 3.63) is 22.3 Å². The first-order valence-electron chi connectivity index (χ1n) is 5.98. The Hall–Kier alpha value is -0.570. The van der Waals surface area contributed by atoms with Crippen molar-refractivity contribution < 1.29 is 0 Å². The van der Waals surface area contributed by atoms with Gasteiger partial charge in [0.1, 0.15) is 5.82 Å². The van der Waals surface area contributed by atoms with Gasteiger partial charge < -0.3 is 5.32 Å². The van der Waals surface area contributed by atoms with Crippen LogP contribution in [0.4, 0.5) is 5.82 Å². The van der Waals surface area contributed by atoms with Gasteiger partial charge in [-0.15, -0.1) is 0 Å². The summed E-state index contributed by atoms with van der Waals surface area (Å²) >= 11 is 3.47. The van der Waals surface area contributed by atoms with Crippen molar-refractivity contribution in [2.75, 3.05) is 5.32 Å². The molecule has 1 aromatic heterocycles. The second-order valence-electron chi connectivity index (χ2n) is 4.23. The van der Waals surface area contributed by atoms with Gasteiger partial charge in [0.2, 0.25) is 0 Å². The van der Waals surface area contributed by atoms with Crippen molar-refractivity contribution >= 4 is 21.7 Å². The maximum Gasteiger partial charge on any atom is 0.126 e. The molecule has 0 radical (unpaired) electrons. The molecule has 0 saturated carbocycles. The van der Waals surface area contributed by atoms with Crippen molar-refractivity contribution in [3.63, 3.8) is 0 Å². The van der Waals surface area contributed by atoms with Gasteiger partial charge in [0.15, 0.2) is 0 Å². The fourth-order valence-corrected chi connectivity index (χ4v) is 2.12. The number of pyridine rings is 1. The molecule has 1 N–H and O–H groups in total. The number of nitrogens with one attached hydrogen (secondary N) is 1. The zero-order valence-electron chi connectivity index (χ0n) is 10.6. The Labute approximate surface area is 107 Å². The fraction of sp³-hybridized carbons (Fsp3) is 0.615. The van der Waals surface area contributed by atoms with Crippen LogP contribution >= 0.6 is 15.9 Å². The minimum Gasteiger partial charge on any atom is -0.365 e.